The van der Waals surface area contributed by atoms with Crippen LogP contribution in [0.2, 0.25) is 0 Å². The number of fused-ring (bicyclic) bond motifs is 1. The third kappa shape index (κ3) is 1.55. The van der Waals surface area contributed by atoms with Gasteiger partial charge in [-0.2, -0.15) is 0 Å². The molecule has 0 aromatic carbocycles. The Morgan fingerprint density at radius 1 is 1.44 bits per heavy atom. The number of rotatable bonds is 3. The highest BCUT2D eigenvalue weighted by atomic mass is 16.5. The molecular formula is C11H18N4O. The molecule has 0 radical (unpaired) electrons. The van der Waals surface area contributed by atoms with Gasteiger partial charge in [0.05, 0.1) is 6.04 Å². The van der Waals surface area contributed by atoms with Gasteiger partial charge in [-0.25, -0.2) is 0 Å². The van der Waals surface area contributed by atoms with Crippen LogP contribution in [0.1, 0.15) is 43.6 Å². The summed E-state index contributed by atoms with van der Waals surface area (Å²) in [7, 11) is 1.71. The molecule has 5 heteroatoms. The van der Waals surface area contributed by atoms with Crippen molar-refractivity contribution in [1.29, 1.82) is 0 Å². The summed E-state index contributed by atoms with van der Waals surface area (Å²) in [6.07, 6.45) is 2.67. The average molecular weight is 222 g/mol. The summed E-state index contributed by atoms with van der Waals surface area (Å²) in [5.74, 6) is 2.84. The van der Waals surface area contributed by atoms with Crippen molar-refractivity contribution in [2.75, 3.05) is 13.7 Å². The Morgan fingerprint density at radius 3 is 2.94 bits per heavy atom. The van der Waals surface area contributed by atoms with Gasteiger partial charge in [0.15, 0.2) is 11.6 Å². The maximum atomic E-state index is 5.33. The van der Waals surface area contributed by atoms with Crippen molar-refractivity contribution in [3.8, 4) is 0 Å². The third-order valence-corrected chi connectivity index (χ3v) is 3.60. The van der Waals surface area contributed by atoms with Crippen molar-refractivity contribution in [3.63, 3.8) is 0 Å². The predicted octanol–water partition coefficient (Wildman–Crippen LogP) is 1.04. The molecule has 3 rings (SSSR count). The molecule has 16 heavy (non-hydrogen) atoms. The van der Waals surface area contributed by atoms with Crippen LogP contribution in [0.5, 0.6) is 0 Å². The number of aromatic nitrogens is 3. The maximum absolute atomic E-state index is 5.33. The molecule has 2 atom stereocenters. The fourth-order valence-electron chi connectivity index (χ4n) is 2.42. The number of hydrogen-bond acceptors (Lipinski definition) is 4. The van der Waals surface area contributed by atoms with Gasteiger partial charge in [0.1, 0.15) is 6.10 Å². The Bertz CT molecular complexity index is 385. The van der Waals surface area contributed by atoms with Crippen LogP contribution in [0.25, 0.3) is 0 Å². The van der Waals surface area contributed by atoms with E-state index in [1.807, 2.05) is 6.92 Å². The number of methoxy groups -OCH3 is 1. The van der Waals surface area contributed by atoms with Gasteiger partial charge in [-0.3, -0.25) is 0 Å². The molecule has 2 heterocycles. The lowest BCUT2D eigenvalue weighted by atomic mass is 10.1. The molecule has 1 aliphatic heterocycles. The second-order valence-corrected chi connectivity index (χ2v) is 4.72. The first-order chi connectivity index (χ1) is 7.81. The molecule has 88 valence electrons. The lowest BCUT2D eigenvalue weighted by Crippen LogP contribution is -2.35. The van der Waals surface area contributed by atoms with E-state index in [4.69, 9.17) is 4.74 Å². The first-order valence-corrected chi connectivity index (χ1v) is 6.00. The lowest BCUT2D eigenvalue weighted by molar-refractivity contribution is 0.107. The van der Waals surface area contributed by atoms with Crippen LogP contribution in [0, 0.1) is 5.92 Å². The smallest absolute Gasteiger partial charge is 0.162 e. The molecule has 2 unspecified atom stereocenters. The van der Waals surface area contributed by atoms with Crippen LogP contribution < -0.4 is 5.32 Å². The van der Waals surface area contributed by atoms with Crippen molar-refractivity contribution in [2.24, 2.45) is 5.92 Å². The zero-order valence-corrected chi connectivity index (χ0v) is 9.81. The minimum absolute atomic E-state index is 0.0270. The van der Waals surface area contributed by atoms with E-state index in [2.05, 4.69) is 20.1 Å². The van der Waals surface area contributed by atoms with E-state index in [9.17, 15) is 0 Å². The van der Waals surface area contributed by atoms with Gasteiger partial charge >= 0.3 is 0 Å². The maximum Gasteiger partial charge on any atom is 0.162 e. The molecule has 1 fully saturated rings. The molecule has 2 aliphatic rings. The summed E-state index contributed by atoms with van der Waals surface area (Å²) in [5, 5.41) is 12.2. The van der Waals surface area contributed by atoms with E-state index in [1.54, 1.807) is 7.11 Å². The monoisotopic (exact) mass is 222 g/mol. The number of nitrogens with one attached hydrogen (secondary N) is 1. The van der Waals surface area contributed by atoms with Gasteiger partial charge in [0, 0.05) is 20.2 Å². The predicted molar refractivity (Wildman–Crippen MR) is 58.9 cm³/mol. The summed E-state index contributed by atoms with van der Waals surface area (Å²) in [6.45, 7) is 3.98. The molecule has 5 nitrogen and oxygen atoms in total. The minimum Gasteiger partial charge on any atom is -0.374 e. The molecule has 0 saturated heterocycles. The van der Waals surface area contributed by atoms with E-state index in [1.165, 1.54) is 12.8 Å². The van der Waals surface area contributed by atoms with Gasteiger partial charge in [-0.15, -0.1) is 10.2 Å². The number of ether oxygens (including phenoxy) is 1. The zero-order chi connectivity index (χ0) is 11.1. The Hall–Kier alpha value is -0.940. The van der Waals surface area contributed by atoms with E-state index < -0.39 is 0 Å². The van der Waals surface area contributed by atoms with Crippen molar-refractivity contribution in [2.45, 2.75) is 38.5 Å². The molecule has 1 saturated carbocycles. The normalized spacial score (nSPS) is 26.5. The first-order valence-electron chi connectivity index (χ1n) is 6.00. The number of nitrogens with zero attached hydrogens (tertiary/aromatic N) is 3. The van der Waals surface area contributed by atoms with Gasteiger partial charge in [0.25, 0.3) is 0 Å². The highest BCUT2D eigenvalue weighted by molar-refractivity contribution is 5.09. The second-order valence-electron chi connectivity index (χ2n) is 4.72. The summed E-state index contributed by atoms with van der Waals surface area (Å²) >= 11 is 0. The summed E-state index contributed by atoms with van der Waals surface area (Å²) in [6, 6.07) is 0.416. The van der Waals surface area contributed by atoms with E-state index >= 15 is 0 Å². The topological polar surface area (TPSA) is 52.0 Å². The van der Waals surface area contributed by atoms with Crippen molar-refractivity contribution in [1.82, 2.24) is 20.1 Å². The second kappa shape index (κ2) is 3.82. The quantitative estimate of drug-likeness (QED) is 0.830. The summed E-state index contributed by atoms with van der Waals surface area (Å²) < 4.78 is 7.56. The van der Waals surface area contributed by atoms with Crippen molar-refractivity contribution >= 4 is 0 Å². The highest BCUT2D eigenvalue weighted by Gasteiger charge is 2.37. The fraction of sp³-hybridized carbons (Fsp3) is 0.818. The van der Waals surface area contributed by atoms with Crippen LogP contribution in [0.4, 0.5) is 0 Å². The Labute approximate surface area is 95.2 Å². The first kappa shape index (κ1) is 10.2. The average Bonchev–Trinajstić information content (AvgIpc) is 3.07. The standard InChI is InChI=1S/C11H18N4O/c1-7(16-2)10-13-14-11-9(8-3-4-8)12-5-6-15(10)11/h7-9,12H,3-6H2,1-2H3. The molecule has 1 aliphatic carbocycles. The molecule has 0 amide bonds. The van der Waals surface area contributed by atoms with Gasteiger partial charge in [0.2, 0.25) is 0 Å². The van der Waals surface area contributed by atoms with Crippen LogP contribution in [0.3, 0.4) is 0 Å². The molecule has 1 N–H and O–H groups in total. The molecule has 1 aromatic heterocycles. The zero-order valence-electron chi connectivity index (χ0n) is 9.81. The number of hydrogen-bond donors (Lipinski definition) is 1. The van der Waals surface area contributed by atoms with Crippen LogP contribution >= 0.6 is 0 Å². The van der Waals surface area contributed by atoms with Gasteiger partial charge in [-0.05, 0) is 25.7 Å². The summed E-state index contributed by atoms with van der Waals surface area (Å²) in [4.78, 5) is 0. The SMILES string of the molecule is COC(C)c1nnc2n1CCNC2C1CC1. The van der Waals surface area contributed by atoms with Crippen molar-refractivity contribution in [3.05, 3.63) is 11.6 Å². The Balaban J connectivity index is 1.94. The highest BCUT2D eigenvalue weighted by Crippen LogP contribution is 2.41. The lowest BCUT2D eigenvalue weighted by Gasteiger charge is -2.25. The van der Waals surface area contributed by atoms with Crippen LogP contribution in [-0.4, -0.2) is 28.4 Å². The largest absolute Gasteiger partial charge is 0.374 e. The molecule has 1 aromatic rings. The molecule has 0 spiro atoms. The van der Waals surface area contributed by atoms with E-state index in [0.717, 1.165) is 30.7 Å². The molecule has 0 bridgehead atoms. The third-order valence-electron chi connectivity index (χ3n) is 3.60. The fourth-order valence-corrected chi connectivity index (χ4v) is 2.42. The minimum atomic E-state index is 0.0270. The Kier molecular flexibility index (Phi) is 2.44. The van der Waals surface area contributed by atoms with E-state index in [0.29, 0.717) is 6.04 Å². The summed E-state index contributed by atoms with van der Waals surface area (Å²) in [5.41, 5.74) is 0. The van der Waals surface area contributed by atoms with Gasteiger partial charge < -0.3 is 14.6 Å². The van der Waals surface area contributed by atoms with Gasteiger partial charge in [-0.1, -0.05) is 0 Å². The molecular weight excluding hydrogens is 204 g/mol. The van der Waals surface area contributed by atoms with Crippen molar-refractivity contribution < 1.29 is 4.74 Å². The van der Waals surface area contributed by atoms with E-state index in [-0.39, 0.29) is 6.10 Å². The Morgan fingerprint density at radius 2 is 2.25 bits per heavy atom. The van der Waals surface area contributed by atoms with Crippen LogP contribution in [-0.2, 0) is 11.3 Å². The van der Waals surface area contributed by atoms with Crippen LogP contribution in [0.15, 0.2) is 0 Å².